The monoisotopic (exact) mass is 515 g/mol. The summed E-state index contributed by atoms with van der Waals surface area (Å²) >= 11 is 0. The van der Waals surface area contributed by atoms with Crippen LogP contribution in [-0.4, -0.2) is 81.0 Å². The predicted molar refractivity (Wildman–Crippen MR) is 143 cm³/mol. The van der Waals surface area contributed by atoms with Gasteiger partial charge in [-0.1, -0.05) is 30.3 Å². The van der Waals surface area contributed by atoms with Gasteiger partial charge in [0.2, 0.25) is 0 Å². The summed E-state index contributed by atoms with van der Waals surface area (Å²) in [4.78, 5) is 21.4. The first-order valence-electron chi connectivity index (χ1n) is 13.3. The van der Waals surface area contributed by atoms with Crippen LogP contribution >= 0.6 is 0 Å². The molecule has 2 unspecified atom stereocenters. The van der Waals surface area contributed by atoms with Crippen molar-refractivity contribution in [3.63, 3.8) is 0 Å². The van der Waals surface area contributed by atoms with Gasteiger partial charge in [-0.05, 0) is 52.4 Å². The summed E-state index contributed by atoms with van der Waals surface area (Å²) < 4.78 is 13.0. The van der Waals surface area contributed by atoms with Crippen molar-refractivity contribution in [2.75, 3.05) is 39.9 Å². The number of tetrazole rings is 1. The molecule has 38 heavy (non-hydrogen) atoms. The van der Waals surface area contributed by atoms with E-state index in [2.05, 4.69) is 54.6 Å². The zero-order valence-corrected chi connectivity index (χ0v) is 21.6. The van der Waals surface area contributed by atoms with Gasteiger partial charge in [0.15, 0.2) is 5.82 Å². The number of nitrogens with one attached hydrogen (secondary N) is 1. The highest BCUT2D eigenvalue weighted by atomic mass is 16.5. The van der Waals surface area contributed by atoms with Crippen molar-refractivity contribution < 1.29 is 9.47 Å². The molecule has 2 atom stereocenters. The maximum absolute atomic E-state index is 13.5. The van der Waals surface area contributed by atoms with E-state index in [0.29, 0.717) is 23.7 Å². The van der Waals surface area contributed by atoms with Crippen molar-refractivity contribution >= 4 is 10.9 Å². The van der Waals surface area contributed by atoms with E-state index in [0.717, 1.165) is 63.1 Å². The summed E-state index contributed by atoms with van der Waals surface area (Å²) in [5.74, 6) is 1.38. The Morgan fingerprint density at radius 1 is 1.11 bits per heavy atom. The van der Waals surface area contributed by atoms with Crippen molar-refractivity contribution in [1.29, 1.82) is 0 Å². The molecule has 10 heteroatoms. The lowest BCUT2D eigenvalue weighted by Gasteiger charge is -2.38. The van der Waals surface area contributed by atoms with Crippen molar-refractivity contribution in [3.8, 4) is 5.75 Å². The van der Waals surface area contributed by atoms with Gasteiger partial charge in [0.05, 0.1) is 25.3 Å². The maximum atomic E-state index is 13.5. The average Bonchev–Trinajstić information content (AvgIpc) is 3.63. The fraction of sp³-hybridized carbons (Fsp3) is 0.429. The van der Waals surface area contributed by atoms with E-state index in [1.165, 1.54) is 5.56 Å². The van der Waals surface area contributed by atoms with Crippen LogP contribution in [-0.2, 0) is 17.8 Å². The van der Waals surface area contributed by atoms with Gasteiger partial charge in [-0.3, -0.25) is 14.6 Å². The number of aromatic nitrogens is 5. The molecule has 2 aromatic heterocycles. The second-order valence-electron chi connectivity index (χ2n) is 10.1. The molecule has 2 aliphatic heterocycles. The summed E-state index contributed by atoms with van der Waals surface area (Å²) in [6, 6.07) is 17.9. The molecule has 0 bridgehead atoms. The molecule has 1 N–H and O–H groups in total. The minimum absolute atomic E-state index is 0.0861. The third-order valence-corrected chi connectivity index (χ3v) is 7.60. The zero-order valence-electron chi connectivity index (χ0n) is 21.6. The quantitative estimate of drug-likeness (QED) is 0.382. The van der Waals surface area contributed by atoms with Gasteiger partial charge < -0.3 is 14.5 Å². The van der Waals surface area contributed by atoms with E-state index in [1.54, 1.807) is 7.11 Å². The third kappa shape index (κ3) is 5.20. The Bertz CT molecular complexity index is 1420. The molecule has 198 valence electrons. The van der Waals surface area contributed by atoms with Gasteiger partial charge in [-0.15, -0.1) is 5.10 Å². The maximum Gasteiger partial charge on any atom is 0.253 e. The second-order valence-corrected chi connectivity index (χ2v) is 10.1. The van der Waals surface area contributed by atoms with Crippen molar-refractivity contribution in [1.82, 2.24) is 35.0 Å². The number of fused-ring (bicyclic) bond motifs is 1. The summed E-state index contributed by atoms with van der Waals surface area (Å²) in [6.07, 6.45) is 2.12. The number of hydrogen-bond donors (Lipinski definition) is 1. The van der Waals surface area contributed by atoms with E-state index in [9.17, 15) is 4.79 Å². The summed E-state index contributed by atoms with van der Waals surface area (Å²) in [6.45, 7) is 5.63. The van der Waals surface area contributed by atoms with Crippen molar-refractivity contribution in [3.05, 3.63) is 81.9 Å². The van der Waals surface area contributed by atoms with Crippen LogP contribution in [0.4, 0.5) is 0 Å². The number of pyridine rings is 1. The first-order chi connectivity index (χ1) is 18.7. The molecule has 0 saturated carbocycles. The molecule has 6 rings (SSSR count). The molecule has 0 radical (unpaired) electrons. The first-order valence-corrected chi connectivity index (χ1v) is 13.3. The zero-order chi connectivity index (χ0) is 25.9. The third-order valence-electron chi connectivity index (χ3n) is 7.60. The van der Waals surface area contributed by atoms with Gasteiger partial charge in [-0.25, -0.2) is 4.68 Å². The number of H-pyrrole nitrogens is 1. The smallest absolute Gasteiger partial charge is 0.253 e. The summed E-state index contributed by atoms with van der Waals surface area (Å²) in [5.41, 5.74) is 2.54. The number of piperazine rings is 1. The first kappa shape index (κ1) is 24.7. The summed E-state index contributed by atoms with van der Waals surface area (Å²) in [7, 11) is 1.62. The Labute approximate surface area is 221 Å². The standard InChI is InChI=1S/C28H33N7O3/c1-37-22-10-9-21-16-24(28(36)29-25(21)17-22)26(27-30-31-32-35(27)19-23-8-5-15-38-23)34-13-11-33(12-14-34)18-20-6-3-2-4-7-20/h2-4,6-7,9-10,16-17,23,26H,5,8,11-15,18-19H2,1H3,(H,29,36). The normalized spacial score (nSPS) is 19.7. The number of benzene rings is 2. The van der Waals surface area contributed by atoms with Crippen LogP contribution < -0.4 is 10.3 Å². The Hall–Kier alpha value is -3.60. The minimum atomic E-state index is -0.375. The highest BCUT2D eigenvalue weighted by Gasteiger charge is 2.33. The van der Waals surface area contributed by atoms with E-state index in [1.807, 2.05) is 35.0 Å². The molecule has 2 fully saturated rings. The number of hydrogen-bond acceptors (Lipinski definition) is 8. The van der Waals surface area contributed by atoms with Gasteiger partial charge >= 0.3 is 0 Å². The van der Waals surface area contributed by atoms with Gasteiger partial charge in [0.1, 0.15) is 11.8 Å². The predicted octanol–water partition coefficient (Wildman–Crippen LogP) is 2.61. The fourth-order valence-electron chi connectivity index (χ4n) is 5.57. The van der Waals surface area contributed by atoms with Gasteiger partial charge in [0, 0.05) is 51.0 Å². The Morgan fingerprint density at radius 2 is 1.95 bits per heavy atom. The van der Waals surface area contributed by atoms with Crippen LogP contribution in [0, 0.1) is 0 Å². The lowest BCUT2D eigenvalue weighted by atomic mass is 10.0. The SMILES string of the molecule is COc1ccc2cc(C(c3nnnn3CC3CCCO3)N3CCN(Cc4ccccc4)CC3)c(=O)[nH]c2c1. The highest BCUT2D eigenvalue weighted by molar-refractivity contribution is 5.80. The molecular formula is C28H33N7O3. The average molecular weight is 516 g/mol. The largest absolute Gasteiger partial charge is 0.497 e. The summed E-state index contributed by atoms with van der Waals surface area (Å²) in [5, 5.41) is 13.7. The highest BCUT2D eigenvalue weighted by Crippen LogP contribution is 2.29. The van der Waals surface area contributed by atoms with Crippen molar-refractivity contribution in [2.24, 2.45) is 0 Å². The van der Waals surface area contributed by atoms with E-state index < -0.39 is 0 Å². The number of methoxy groups -OCH3 is 1. The Kier molecular flexibility index (Phi) is 7.17. The molecule has 2 saturated heterocycles. The molecule has 10 nitrogen and oxygen atoms in total. The molecule has 0 aliphatic carbocycles. The van der Waals surface area contributed by atoms with E-state index >= 15 is 0 Å². The molecule has 0 amide bonds. The van der Waals surface area contributed by atoms with Gasteiger partial charge in [0.25, 0.3) is 5.56 Å². The lowest BCUT2D eigenvalue weighted by molar-refractivity contribution is 0.0840. The molecule has 0 spiro atoms. The lowest BCUT2D eigenvalue weighted by Crippen LogP contribution is -2.48. The van der Waals surface area contributed by atoms with E-state index in [-0.39, 0.29) is 17.7 Å². The number of rotatable bonds is 8. The molecule has 4 aromatic rings. The van der Waals surface area contributed by atoms with Crippen LogP contribution in [0.15, 0.2) is 59.4 Å². The minimum Gasteiger partial charge on any atom is -0.497 e. The van der Waals surface area contributed by atoms with Gasteiger partial charge in [-0.2, -0.15) is 0 Å². The van der Waals surface area contributed by atoms with E-state index in [4.69, 9.17) is 9.47 Å². The van der Waals surface area contributed by atoms with Crippen LogP contribution in [0.2, 0.25) is 0 Å². The van der Waals surface area contributed by atoms with Crippen molar-refractivity contribution in [2.45, 2.75) is 38.1 Å². The number of aromatic amines is 1. The second kappa shape index (κ2) is 11.0. The number of nitrogens with zero attached hydrogens (tertiary/aromatic N) is 6. The van der Waals surface area contributed by atoms with Crippen LogP contribution in [0.1, 0.15) is 35.8 Å². The topological polar surface area (TPSA) is 101 Å². The molecular weight excluding hydrogens is 482 g/mol. The van der Waals surface area contributed by atoms with Crippen LogP contribution in [0.25, 0.3) is 10.9 Å². The van der Waals surface area contributed by atoms with Crippen LogP contribution in [0.5, 0.6) is 5.75 Å². The molecule has 2 aromatic carbocycles. The Morgan fingerprint density at radius 3 is 2.71 bits per heavy atom. The number of ether oxygens (including phenoxy) is 2. The van der Waals surface area contributed by atoms with Crippen LogP contribution in [0.3, 0.4) is 0 Å². The molecule has 4 heterocycles. The molecule has 2 aliphatic rings. The fourth-order valence-corrected chi connectivity index (χ4v) is 5.57. The Balaban J connectivity index is 1.32.